The number of rotatable bonds is 9. The van der Waals surface area contributed by atoms with Gasteiger partial charge in [0.15, 0.2) is 0 Å². The second-order valence-corrected chi connectivity index (χ2v) is 4.82. The third kappa shape index (κ3) is 6.37. The summed E-state index contributed by atoms with van der Waals surface area (Å²) in [6.07, 6.45) is 7.67. The molecule has 0 heterocycles. The quantitative estimate of drug-likeness (QED) is 0.495. The average Bonchev–Trinajstić information content (AvgIpc) is 2.38. The van der Waals surface area contributed by atoms with E-state index in [0.29, 0.717) is 6.61 Å². The van der Waals surface area contributed by atoms with E-state index in [9.17, 15) is 4.79 Å². The zero-order chi connectivity index (χ0) is 12.3. The minimum atomic E-state index is 0.506. The minimum absolute atomic E-state index is 0.506. The second-order valence-electron chi connectivity index (χ2n) is 3.94. The third-order valence-electron chi connectivity index (χ3n) is 2.68. The highest BCUT2D eigenvalue weighted by atomic mass is 32.2. The summed E-state index contributed by atoms with van der Waals surface area (Å²) in [5.41, 5.74) is 1.40. The number of carbonyl (C=O) groups excluding carboxylic acids is 1. The van der Waals surface area contributed by atoms with Crippen LogP contribution in [-0.2, 0) is 16.0 Å². The molecule has 0 fully saturated rings. The molecule has 0 saturated heterocycles. The topological polar surface area (TPSA) is 26.3 Å². The fourth-order valence-corrected chi connectivity index (χ4v) is 2.10. The molecule has 0 bridgehead atoms. The average molecular weight is 251 g/mol. The first kappa shape index (κ1) is 14.1. The standard InChI is InChI=1S/C14H19O2S/c1-17-14-9-7-13(8-10-14)6-4-2-3-5-11-16-12-15/h7-10H,2-6,11H2,1H3. The number of thioether (sulfide) groups is 1. The van der Waals surface area contributed by atoms with Gasteiger partial charge in [-0.2, -0.15) is 0 Å². The first-order valence-corrected chi connectivity index (χ1v) is 7.21. The van der Waals surface area contributed by atoms with Crippen LogP contribution in [0.25, 0.3) is 0 Å². The summed E-state index contributed by atoms with van der Waals surface area (Å²) in [6, 6.07) is 8.76. The second kappa shape index (κ2) is 9.11. The Morgan fingerprint density at radius 2 is 1.82 bits per heavy atom. The van der Waals surface area contributed by atoms with Crippen LogP contribution in [0, 0.1) is 0 Å². The maximum Gasteiger partial charge on any atom is 0.417 e. The zero-order valence-electron chi connectivity index (χ0n) is 10.3. The molecular formula is C14H19O2S. The Bertz CT molecular complexity index is 309. The van der Waals surface area contributed by atoms with Crippen LogP contribution in [0.1, 0.15) is 31.2 Å². The highest BCUT2D eigenvalue weighted by Gasteiger charge is 1.95. The lowest BCUT2D eigenvalue weighted by Crippen LogP contribution is -1.92. The summed E-state index contributed by atoms with van der Waals surface area (Å²) < 4.78 is 4.52. The van der Waals surface area contributed by atoms with Crippen LogP contribution in [0.4, 0.5) is 0 Å². The van der Waals surface area contributed by atoms with Crippen LogP contribution in [0.15, 0.2) is 29.2 Å². The van der Waals surface area contributed by atoms with E-state index in [2.05, 4.69) is 35.3 Å². The SMILES string of the molecule is CSc1ccc(CCCCCCO[C]=O)cc1. The molecule has 1 rings (SSSR count). The number of aryl methyl sites for hydroxylation is 1. The molecule has 0 aliphatic rings. The van der Waals surface area contributed by atoms with Crippen molar-refractivity contribution in [2.75, 3.05) is 12.9 Å². The first-order chi connectivity index (χ1) is 8.36. The molecule has 3 heteroatoms. The molecule has 0 aliphatic carbocycles. The summed E-state index contributed by atoms with van der Waals surface area (Å²) in [4.78, 5) is 11.1. The van der Waals surface area contributed by atoms with Gasteiger partial charge in [-0.15, -0.1) is 11.8 Å². The molecule has 0 aromatic heterocycles. The lowest BCUT2D eigenvalue weighted by Gasteiger charge is -2.03. The highest BCUT2D eigenvalue weighted by molar-refractivity contribution is 7.98. The van der Waals surface area contributed by atoms with Crippen molar-refractivity contribution in [3.63, 3.8) is 0 Å². The van der Waals surface area contributed by atoms with E-state index in [-0.39, 0.29) is 0 Å². The molecule has 0 amide bonds. The van der Waals surface area contributed by atoms with Crippen molar-refractivity contribution in [1.82, 2.24) is 0 Å². The van der Waals surface area contributed by atoms with Crippen molar-refractivity contribution in [3.05, 3.63) is 29.8 Å². The Labute approximate surface area is 108 Å². The largest absolute Gasteiger partial charge is 0.457 e. The third-order valence-corrected chi connectivity index (χ3v) is 3.42. The molecule has 0 unspecified atom stereocenters. The van der Waals surface area contributed by atoms with E-state index in [1.54, 1.807) is 11.8 Å². The summed E-state index contributed by atoms with van der Waals surface area (Å²) >= 11 is 1.77. The lowest BCUT2D eigenvalue weighted by atomic mass is 10.1. The van der Waals surface area contributed by atoms with Gasteiger partial charge in [0.2, 0.25) is 0 Å². The van der Waals surface area contributed by atoms with E-state index in [4.69, 9.17) is 0 Å². The Kier molecular flexibility index (Phi) is 7.56. The van der Waals surface area contributed by atoms with Gasteiger partial charge in [0.1, 0.15) is 0 Å². The first-order valence-electron chi connectivity index (χ1n) is 5.98. The number of unbranched alkanes of at least 4 members (excludes halogenated alkanes) is 3. The molecule has 1 aromatic carbocycles. The van der Waals surface area contributed by atoms with Gasteiger partial charge < -0.3 is 4.74 Å². The monoisotopic (exact) mass is 251 g/mol. The normalized spacial score (nSPS) is 10.2. The highest BCUT2D eigenvalue weighted by Crippen LogP contribution is 2.16. The lowest BCUT2D eigenvalue weighted by molar-refractivity contribution is 0.269. The van der Waals surface area contributed by atoms with Gasteiger partial charge in [0.05, 0.1) is 6.61 Å². The number of hydrogen-bond donors (Lipinski definition) is 0. The molecule has 0 spiro atoms. The van der Waals surface area contributed by atoms with Crippen LogP contribution >= 0.6 is 11.8 Å². The maximum atomic E-state index is 9.78. The van der Waals surface area contributed by atoms with Crippen molar-refractivity contribution in [2.45, 2.75) is 37.0 Å². The summed E-state index contributed by atoms with van der Waals surface area (Å²) in [5, 5.41) is 0. The van der Waals surface area contributed by atoms with E-state index in [1.807, 2.05) is 0 Å². The maximum absolute atomic E-state index is 9.78. The summed E-state index contributed by atoms with van der Waals surface area (Å²) in [6.45, 7) is 1.95. The van der Waals surface area contributed by atoms with Crippen molar-refractivity contribution >= 4 is 18.2 Å². The van der Waals surface area contributed by atoms with Crippen molar-refractivity contribution < 1.29 is 9.53 Å². The fraction of sp³-hybridized carbons (Fsp3) is 0.500. The van der Waals surface area contributed by atoms with Crippen molar-refractivity contribution in [1.29, 1.82) is 0 Å². The molecule has 0 aliphatic heterocycles. The summed E-state index contributed by atoms with van der Waals surface area (Å²) in [5.74, 6) is 0. The molecule has 93 valence electrons. The van der Waals surface area contributed by atoms with E-state index in [0.717, 1.165) is 19.3 Å². The number of ether oxygens (including phenoxy) is 1. The van der Waals surface area contributed by atoms with Crippen LogP contribution in [-0.4, -0.2) is 19.3 Å². The Balaban J connectivity index is 2.07. The van der Waals surface area contributed by atoms with Gasteiger partial charge in [-0.1, -0.05) is 25.0 Å². The van der Waals surface area contributed by atoms with Gasteiger partial charge in [-0.3, -0.25) is 0 Å². The van der Waals surface area contributed by atoms with Gasteiger partial charge >= 0.3 is 6.47 Å². The smallest absolute Gasteiger partial charge is 0.417 e. The Hall–Kier alpha value is -0.960. The van der Waals surface area contributed by atoms with E-state index >= 15 is 0 Å². The molecule has 2 nitrogen and oxygen atoms in total. The Morgan fingerprint density at radius 3 is 2.47 bits per heavy atom. The van der Waals surface area contributed by atoms with Gasteiger partial charge in [0.25, 0.3) is 0 Å². The number of benzene rings is 1. The Morgan fingerprint density at radius 1 is 1.12 bits per heavy atom. The number of hydrogen-bond acceptors (Lipinski definition) is 3. The van der Waals surface area contributed by atoms with Crippen LogP contribution in [0.5, 0.6) is 0 Å². The predicted molar refractivity (Wildman–Crippen MR) is 72.0 cm³/mol. The van der Waals surface area contributed by atoms with Gasteiger partial charge in [0, 0.05) is 4.90 Å². The van der Waals surface area contributed by atoms with E-state index in [1.165, 1.54) is 29.8 Å². The fourth-order valence-electron chi connectivity index (χ4n) is 1.69. The molecule has 1 aromatic rings. The van der Waals surface area contributed by atoms with E-state index < -0.39 is 0 Å². The van der Waals surface area contributed by atoms with Crippen LogP contribution in [0.2, 0.25) is 0 Å². The van der Waals surface area contributed by atoms with Gasteiger partial charge in [-0.25, -0.2) is 4.79 Å². The van der Waals surface area contributed by atoms with Crippen LogP contribution < -0.4 is 0 Å². The van der Waals surface area contributed by atoms with Crippen molar-refractivity contribution in [3.8, 4) is 0 Å². The molecule has 0 N–H and O–H groups in total. The summed E-state index contributed by atoms with van der Waals surface area (Å²) in [7, 11) is 0. The molecule has 1 radical (unpaired) electrons. The zero-order valence-corrected chi connectivity index (χ0v) is 11.1. The molecule has 0 atom stereocenters. The van der Waals surface area contributed by atoms with Crippen molar-refractivity contribution in [2.24, 2.45) is 0 Å². The van der Waals surface area contributed by atoms with Crippen LogP contribution in [0.3, 0.4) is 0 Å². The minimum Gasteiger partial charge on any atom is -0.457 e. The molecule has 0 saturated carbocycles. The predicted octanol–water partition coefficient (Wildman–Crippen LogP) is 3.60. The van der Waals surface area contributed by atoms with Gasteiger partial charge in [-0.05, 0) is 43.2 Å². The molecule has 17 heavy (non-hydrogen) atoms. The molecular weight excluding hydrogens is 232 g/mol.